The second-order valence-electron chi connectivity index (χ2n) is 8.06. The fraction of sp³-hybridized carbons (Fsp3) is 0.292. The number of likely N-dealkylation sites (tertiary alicyclic amines) is 1. The fourth-order valence-corrected chi connectivity index (χ4v) is 4.37. The highest BCUT2D eigenvalue weighted by Crippen LogP contribution is 2.34. The van der Waals surface area contributed by atoms with E-state index in [1.165, 1.54) is 30.3 Å². The van der Waals surface area contributed by atoms with Gasteiger partial charge in [-0.15, -0.1) is 0 Å². The Hall–Kier alpha value is -3.39. The van der Waals surface area contributed by atoms with Gasteiger partial charge in [0, 0.05) is 48.2 Å². The third-order valence-electron chi connectivity index (χ3n) is 5.66. The summed E-state index contributed by atoms with van der Waals surface area (Å²) < 4.78 is 24.6. The standard InChI is InChI=1S/C24H21ClFNO6/c1-13(24(31)27-7-6-14(12-27)8-22(28)29)32-16-3-5-18-19(11-23(30)33-21(18)10-16)17-4-2-15(26)9-20(17)25/h2-5,9-11,13-14H,6-8,12H2,1H3,(H,28,29)/t13-,14-/m1/s1. The first kappa shape index (κ1) is 22.8. The number of fused-ring (bicyclic) bond motifs is 1. The number of halogens is 2. The molecule has 0 bridgehead atoms. The molecule has 1 aromatic heterocycles. The lowest BCUT2D eigenvalue weighted by Crippen LogP contribution is -2.39. The van der Waals surface area contributed by atoms with Crippen LogP contribution in [0.3, 0.4) is 0 Å². The Labute approximate surface area is 193 Å². The third kappa shape index (κ3) is 5.01. The molecule has 1 N–H and O–H groups in total. The highest BCUT2D eigenvalue weighted by atomic mass is 35.5. The number of carboxylic acid groups (broad SMARTS) is 1. The third-order valence-corrected chi connectivity index (χ3v) is 5.97. The smallest absolute Gasteiger partial charge is 0.336 e. The molecule has 2 aromatic carbocycles. The van der Waals surface area contributed by atoms with Crippen molar-refractivity contribution in [3.8, 4) is 16.9 Å². The van der Waals surface area contributed by atoms with Crippen molar-refractivity contribution in [3.63, 3.8) is 0 Å². The SMILES string of the molecule is C[C@@H](Oc1ccc2c(-c3ccc(F)cc3Cl)cc(=O)oc2c1)C(=O)N1CC[C@H](CC(=O)O)C1. The fourth-order valence-electron chi connectivity index (χ4n) is 4.11. The zero-order valence-electron chi connectivity index (χ0n) is 17.7. The minimum absolute atomic E-state index is 0.0309. The predicted molar refractivity (Wildman–Crippen MR) is 120 cm³/mol. The molecule has 1 amide bonds. The molecule has 9 heteroatoms. The monoisotopic (exact) mass is 473 g/mol. The number of ether oxygens (including phenoxy) is 1. The molecular weight excluding hydrogens is 453 g/mol. The van der Waals surface area contributed by atoms with Gasteiger partial charge in [0.2, 0.25) is 0 Å². The minimum atomic E-state index is -0.877. The normalized spacial score (nSPS) is 16.7. The van der Waals surface area contributed by atoms with Gasteiger partial charge in [0.05, 0.1) is 5.02 Å². The van der Waals surface area contributed by atoms with E-state index < -0.39 is 23.5 Å². The molecular formula is C24H21ClFNO6. The number of nitrogens with zero attached hydrogens (tertiary/aromatic N) is 1. The number of hydrogen-bond acceptors (Lipinski definition) is 5. The quantitative estimate of drug-likeness (QED) is 0.535. The van der Waals surface area contributed by atoms with Crippen LogP contribution in [0.15, 0.2) is 51.7 Å². The molecule has 0 spiro atoms. The number of aliphatic carboxylic acids is 1. The van der Waals surface area contributed by atoms with E-state index in [0.29, 0.717) is 41.8 Å². The van der Waals surface area contributed by atoms with E-state index in [1.807, 2.05) is 0 Å². The van der Waals surface area contributed by atoms with Crippen molar-refractivity contribution in [2.24, 2.45) is 5.92 Å². The van der Waals surface area contributed by atoms with Gasteiger partial charge in [0.15, 0.2) is 6.10 Å². The van der Waals surface area contributed by atoms with Gasteiger partial charge in [-0.2, -0.15) is 0 Å². The van der Waals surface area contributed by atoms with E-state index in [-0.39, 0.29) is 28.9 Å². The molecule has 1 aliphatic rings. The summed E-state index contributed by atoms with van der Waals surface area (Å²) in [6.45, 7) is 2.48. The molecule has 4 rings (SSSR count). The second kappa shape index (κ2) is 9.23. The first-order valence-corrected chi connectivity index (χ1v) is 10.8. The van der Waals surface area contributed by atoms with Crippen molar-refractivity contribution in [1.29, 1.82) is 0 Å². The molecule has 1 aliphatic heterocycles. The lowest BCUT2D eigenvalue weighted by Gasteiger charge is -2.22. The van der Waals surface area contributed by atoms with Crippen LogP contribution in [-0.4, -0.2) is 41.1 Å². The van der Waals surface area contributed by atoms with Crippen LogP contribution >= 0.6 is 11.6 Å². The Bertz CT molecular complexity index is 1290. The van der Waals surface area contributed by atoms with Crippen LogP contribution in [-0.2, 0) is 9.59 Å². The van der Waals surface area contributed by atoms with Gasteiger partial charge in [-0.25, -0.2) is 9.18 Å². The lowest BCUT2D eigenvalue weighted by atomic mass is 10.0. The van der Waals surface area contributed by atoms with E-state index in [4.69, 9.17) is 25.9 Å². The Kier molecular flexibility index (Phi) is 6.37. The molecule has 1 fully saturated rings. The highest BCUT2D eigenvalue weighted by Gasteiger charge is 2.31. The van der Waals surface area contributed by atoms with Crippen molar-refractivity contribution in [3.05, 3.63) is 63.7 Å². The van der Waals surface area contributed by atoms with Gasteiger partial charge in [0.1, 0.15) is 17.1 Å². The van der Waals surface area contributed by atoms with E-state index in [0.717, 1.165) is 0 Å². The number of benzene rings is 2. The zero-order valence-corrected chi connectivity index (χ0v) is 18.5. The van der Waals surface area contributed by atoms with Gasteiger partial charge in [-0.05, 0) is 49.6 Å². The number of carbonyl (C=O) groups is 2. The van der Waals surface area contributed by atoms with Crippen molar-refractivity contribution >= 4 is 34.4 Å². The maximum absolute atomic E-state index is 13.4. The van der Waals surface area contributed by atoms with Crippen molar-refractivity contribution in [1.82, 2.24) is 4.90 Å². The van der Waals surface area contributed by atoms with Crippen LogP contribution in [0.5, 0.6) is 5.75 Å². The average Bonchev–Trinajstić information content (AvgIpc) is 3.20. The van der Waals surface area contributed by atoms with Crippen LogP contribution < -0.4 is 10.4 Å². The van der Waals surface area contributed by atoms with E-state index in [2.05, 4.69) is 0 Å². The first-order chi connectivity index (χ1) is 15.7. The van der Waals surface area contributed by atoms with Gasteiger partial charge in [0.25, 0.3) is 5.91 Å². The van der Waals surface area contributed by atoms with Crippen LogP contribution in [0.25, 0.3) is 22.1 Å². The summed E-state index contributed by atoms with van der Waals surface area (Å²) in [4.78, 5) is 37.4. The molecule has 172 valence electrons. The van der Waals surface area contributed by atoms with Crippen molar-refractivity contribution in [2.75, 3.05) is 13.1 Å². The second-order valence-corrected chi connectivity index (χ2v) is 8.47. The maximum Gasteiger partial charge on any atom is 0.336 e. The molecule has 33 heavy (non-hydrogen) atoms. The predicted octanol–water partition coefficient (Wildman–Crippen LogP) is 4.34. The summed E-state index contributed by atoms with van der Waals surface area (Å²) in [6, 6.07) is 10.0. The number of carbonyl (C=O) groups excluding carboxylic acids is 1. The molecule has 2 atom stereocenters. The summed E-state index contributed by atoms with van der Waals surface area (Å²) in [5, 5.41) is 9.68. The number of amides is 1. The maximum atomic E-state index is 13.4. The minimum Gasteiger partial charge on any atom is -0.481 e. The Morgan fingerprint density at radius 3 is 2.76 bits per heavy atom. The molecule has 3 aromatic rings. The van der Waals surface area contributed by atoms with Gasteiger partial charge in [-0.3, -0.25) is 9.59 Å². The summed E-state index contributed by atoms with van der Waals surface area (Å²) in [6.07, 6.45) is -0.142. The average molecular weight is 474 g/mol. The summed E-state index contributed by atoms with van der Waals surface area (Å²) in [5.74, 6) is -1.34. The molecule has 0 saturated carbocycles. The Morgan fingerprint density at radius 1 is 1.24 bits per heavy atom. The van der Waals surface area contributed by atoms with Crippen LogP contribution in [0, 0.1) is 11.7 Å². The van der Waals surface area contributed by atoms with Gasteiger partial charge >= 0.3 is 11.6 Å². The topological polar surface area (TPSA) is 97.0 Å². The summed E-state index contributed by atoms with van der Waals surface area (Å²) in [5.41, 5.74) is 0.597. The Morgan fingerprint density at radius 2 is 2.03 bits per heavy atom. The summed E-state index contributed by atoms with van der Waals surface area (Å²) >= 11 is 6.18. The molecule has 0 aliphatic carbocycles. The lowest BCUT2D eigenvalue weighted by molar-refractivity contribution is -0.139. The number of rotatable bonds is 6. The van der Waals surface area contributed by atoms with E-state index in [1.54, 1.807) is 24.0 Å². The molecule has 0 radical (unpaired) electrons. The van der Waals surface area contributed by atoms with E-state index in [9.17, 15) is 18.8 Å². The number of hydrogen-bond donors (Lipinski definition) is 1. The largest absolute Gasteiger partial charge is 0.481 e. The summed E-state index contributed by atoms with van der Waals surface area (Å²) in [7, 11) is 0. The van der Waals surface area contributed by atoms with Gasteiger partial charge < -0.3 is 19.2 Å². The molecule has 2 heterocycles. The highest BCUT2D eigenvalue weighted by molar-refractivity contribution is 6.33. The number of carboxylic acids is 1. The van der Waals surface area contributed by atoms with Gasteiger partial charge in [-0.1, -0.05) is 11.6 Å². The van der Waals surface area contributed by atoms with Crippen LogP contribution in [0.2, 0.25) is 5.02 Å². The molecule has 1 saturated heterocycles. The van der Waals surface area contributed by atoms with Crippen molar-refractivity contribution < 1.29 is 28.2 Å². The zero-order chi connectivity index (χ0) is 23.7. The van der Waals surface area contributed by atoms with Crippen molar-refractivity contribution in [2.45, 2.75) is 25.9 Å². The van der Waals surface area contributed by atoms with E-state index >= 15 is 0 Å². The first-order valence-electron chi connectivity index (χ1n) is 10.4. The van der Waals surface area contributed by atoms with Crippen LogP contribution in [0.4, 0.5) is 4.39 Å². The van der Waals surface area contributed by atoms with Crippen LogP contribution in [0.1, 0.15) is 19.8 Å². The molecule has 0 unspecified atom stereocenters. The molecule has 7 nitrogen and oxygen atoms in total. The Balaban J connectivity index is 1.55.